The lowest BCUT2D eigenvalue weighted by Crippen LogP contribution is -2.51. The van der Waals surface area contributed by atoms with Crippen molar-refractivity contribution in [2.24, 2.45) is 52.3 Å². The van der Waals surface area contributed by atoms with Gasteiger partial charge in [-0.05, 0) is 104 Å². The molecule has 0 aliphatic heterocycles. The first-order chi connectivity index (χ1) is 22.1. The molecule has 0 saturated heterocycles. The van der Waals surface area contributed by atoms with Crippen molar-refractivity contribution < 1.29 is 9.53 Å². The molecule has 46 heavy (non-hydrogen) atoms. The van der Waals surface area contributed by atoms with Crippen LogP contribution < -0.4 is 0 Å². The summed E-state index contributed by atoms with van der Waals surface area (Å²) in [5, 5.41) is 0. The van der Waals surface area contributed by atoms with E-state index in [0.29, 0.717) is 17.3 Å². The molecular weight excluding hydrogens is 560 g/mol. The van der Waals surface area contributed by atoms with E-state index in [1.54, 1.807) is 5.57 Å². The summed E-state index contributed by atoms with van der Waals surface area (Å²) in [5.41, 5.74) is 2.54. The van der Waals surface area contributed by atoms with Gasteiger partial charge in [-0.25, -0.2) is 0 Å². The molecule has 266 valence electrons. The van der Waals surface area contributed by atoms with Gasteiger partial charge in [0.15, 0.2) is 0 Å². The zero-order valence-corrected chi connectivity index (χ0v) is 32.0. The predicted octanol–water partition coefficient (Wildman–Crippen LogP) is 13.7. The van der Waals surface area contributed by atoms with Gasteiger partial charge in [0.1, 0.15) is 6.10 Å². The molecule has 0 bridgehead atoms. The smallest absolute Gasteiger partial charge is 0.306 e. The van der Waals surface area contributed by atoms with Crippen LogP contribution in [-0.4, -0.2) is 12.1 Å². The molecule has 4 aliphatic rings. The van der Waals surface area contributed by atoms with Gasteiger partial charge in [-0.15, -0.1) is 0 Å². The summed E-state index contributed by atoms with van der Waals surface area (Å²) in [6.07, 6.45) is 33.9. The van der Waals surface area contributed by atoms with Crippen molar-refractivity contribution in [3.05, 3.63) is 11.6 Å². The minimum atomic E-state index is 0.0632. The standard InChI is InChI=1S/C44H78O2/c1-8-34(4)21-17-15-13-11-9-10-12-14-16-18-23-42(45)46-37-28-30-43(6)36(32-37)24-25-38-40-27-26-39(35(5)22-19-20-33(2)3)44(40,7)31-29-41(38)43/h24,33-35,37-41H,8-23,25-32H2,1-7H3/t34?,35-,37+,38+,39-,40+,41+,43+,44-/m1/s1. The van der Waals surface area contributed by atoms with Crippen LogP contribution in [0, 0.1) is 52.3 Å². The number of ether oxygens (including phenoxy) is 1. The molecule has 0 aromatic heterocycles. The van der Waals surface area contributed by atoms with E-state index in [4.69, 9.17) is 4.74 Å². The molecule has 0 radical (unpaired) electrons. The summed E-state index contributed by atoms with van der Waals surface area (Å²) in [7, 11) is 0. The van der Waals surface area contributed by atoms with Gasteiger partial charge in [0.25, 0.3) is 0 Å². The average Bonchev–Trinajstić information content (AvgIpc) is 3.38. The van der Waals surface area contributed by atoms with E-state index in [2.05, 4.69) is 54.5 Å². The number of allylic oxidation sites excluding steroid dienone is 1. The first-order valence-electron chi connectivity index (χ1n) is 21.0. The number of unbranched alkanes of at least 4 members (excludes halogenated alkanes) is 9. The molecule has 0 spiro atoms. The maximum absolute atomic E-state index is 12.8. The molecule has 2 heteroatoms. The van der Waals surface area contributed by atoms with E-state index < -0.39 is 0 Å². The summed E-state index contributed by atoms with van der Waals surface area (Å²) in [4.78, 5) is 12.8. The van der Waals surface area contributed by atoms with Crippen LogP contribution in [0.25, 0.3) is 0 Å². The first kappa shape index (κ1) is 38.0. The summed E-state index contributed by atoms with van der Waals surface area (Å²) >= 11 is 0. The number of carbonyl (C=O) groups is 1. The van der Waals surface area contributed by atoms with Crippen molar-refractivity contribution in [1.82, 2.24) is 0 Å². The Kier molecular flexibility index (Phi) is 15.1. The van der Waals surface area contributed by atoms with Crippen LogP contribution in [0.1, 0.15) is 203 Å². The minimum Gasteiger partial charge on any atom is -0.462 e. The monoisotopic (exact) mass is 639 g/mol. The Labute approximate surface area is 287 Å². The Hall–Kier alpha value is -0.790. The van der Waals surface area contributed by atoms with Crippen molar-refractivity contribution in [3.63, 3.8) is 0 Å². The van der Waals surface area contributed by atoms with Crippen LogP contribution in [0.4, 0.5) is 0 Å². The molecule has 2 nitrogen and oxygen atoms in total. The quantitative estimate of drug-likeness (QED) is 0.0753. The van der Waals surface area contributed by atoms with Gasteiger partial charge in [0.2, 0.25) is 0 Å². The lowest BCUT2D eigenvalue weighted by molar-refractivity contribution is -0.151. The maximum Gasteiger partial charge on any atom is 0.306 e. The highest BCUT2D eigenvalue weighted by Crippen LogP contribution is 2.67. The SMILES string of the molecule is CCC(C)CCCCCCCCCCCCC(=O)O[C@H]1CC[C@@]2(C)C(=CC[C@H]3[C@@H]4CC[C@H]([C@H](C)CCCC(C)C)[C@@]4(C)CC[C@@H]32)C1. The Bertz CT molecular complexity index is 934. The van der Waals surface area contributed by atoms with E-state index in [-0.39, 0.29) is 12.1 Å². The lowest BCUT2D eigenvalue weighted by Gasteiger charge is -2.58. The third kappa shape index (κ3) is 9.89. The largest absolute Gasteiger partial charge is 0.462 e. The third-order valence-corrected chi connectivity index (χ3v) is 14.6. The lowest BCUT2D eigenvalue weighted by atomic mass is 9.47. The van der Waals surface area contributed by atoms with E-state index in [1.165, 1.54) is 128 Å². The summed E-state index contributed by atoms with van der Waals surface area (Å²) in [6, 6.07) is 0. The summed E-state index contributed by atoms with van der Waals surface area (Å²) < 4.78 is 6.13. The predicted molar refractivity (Wildman–Crippen MR) is 198 cm³/mol. The van der Waals surface area contributed by atoms with E-state index in [1.807, 2.05) is 0 Å². The van der Waals surface area contributed by atoms with Gasteiger partial charge in [0, 0.05) is 12.8 Å². The number of hydrogen-bond donors (Lipinski definition) is 0. The molecule has 0 aromatic carbocycles. The van der Waals surface area contributed by atoms with Gasteiger partial charge in [-0.2, -0.15) is 0 Å². The molecule has 0 N–H and O–H groups in total. The Morgan fingerprint density at radius 1 is 0.783 bits per heavy atom. The fourth-order valence-electron chi connectivity index (χ4n) is 11.4. The molecule has 1 unspecified atom stereocenters. The van der Waals surface area contributed by atoms with Crippen LogP contribution in [0.5, 0.6) is 0 Å². The normalized spacial score (nSPS) is 33.6. The highest BCUT2D eigenvalue weighted by Gasteiger charge is 2.59. The third-order valence-electron chi connectivity index (χ3n) is 14.6. The van der Waals surface area contributed by atoms with Crippen molar-refractivity contribution in [2.75, 3.05) is 0 Å². The van der Waals surface area contributed by atoms with Crippen LogP contribution in [0.2, 0.25) is 0 Å². The molecule has 0 heterocycles. The van der Waals surface area contributed by atoms with Gasteiger partial charge >= 0.3 is 5.97 Å². The van der Waals surface area contributed by atoms with E-state index >= 15 is 0 Å². The van der Waals surface area contributed by atoms with Crippen LogP contribution in [0.15, 0.2) is 11.6 Å². The number of carbonyl (C=O) groups excluding carboxylic acids is 1. The molecule has 3 saturated carbocycles. The first-order valence-corrected chi connectivity index (χ1v) is 21.0. The van der Waals surface area contributed by atoms with Gasteiger partial charge in [-0.3, -0.25) is 4.79 Å². The second-order valence-electron chi connectivity index (χ2n) is 18.2. The number of fused-ring (bicyclic) bond motifs is 5. The van der Waals surface area contributed by atoms with Crippen molar-refractivity contribution in [2.45, 2.75) is 209 Å². The Morgan fingerprint density at radius 3 is 2.13 bits per heavy atom. The highest BCUT2D eigenvalue weighted by molar-refractivity contribution is 5.69. The van der Waals surface area contributed by atoms with Crippen LogP contribution in [0.3, 0.4) is 0 Å². The van der Waals surface area contributed by atoms with Crippen molar-refractivity contribution >= 4 is 5.97 Å². The average molecular weight is 639 g/mol. The number of rotatable bonds is 20. The molecular formula is C44H78O2. The minimum absolute atomic E-state index is 0.0632. The Morgan fingerprint density at radius 2 is 1.46 bits per heavy atom. The molecule has 9 atom stereocenters. The van der Waals surface area contributed by atoms with E-state index in [9.17, 15) is 4.79 Å². The summed E-state index contributed by atoms with van der Waals surface area (Å²) in [6.45, 7) is 17.4. The highest BCUT2D eigenvalue weighted by atomic mass is 16.5. The molecule has 0 amide bonds. The molecule has 4 rings (SSSR count). The van der Waals surface area contributed by atoms with Crippen molar-refractivity contribution in [1.29, 1.82) is 0 Å². The fraction of sp³-hybridized carbons (Fsp3) is 0.932. The molecule has 0 aromatic rings. The van der Waals surface area contributed by atoms with E-state index in [0.717, 1.165) is 60.7 Å². The van der Waals surface area contributed by atoms with Crippen LogP contribution >= 0.6 is 0 Å². The van der Waals surface area contributed by atoms with Crippen LogP contribution in [-0.2, 0) is 9.53 Å². The second kappa shape index (κ2) is 18.3. The zero-order chi connectivity index (χ0) is 33.2. The number of esters is 1. The van der Waals surface area contributed by atoms with Gasteiger partial charge < -0.3 is 4.74 Å². The zero-order valence-electron chi connectivity index (χ0n) is 32.0. The molecule has 3 fully saturated rings. The Balaban J connectivity index is 1.13. The van der Waals surface area contributed by atoms with Crippen molar-refractivity contribution in [3.8, 4) is 0 Å². The summed E-state index contributed by atoms with van der Waals surface area (Å²) in [5.74, 6) is 6.25. The number of hydrogen-bond acceptors (Lipinski definition) is 2. The molecule has 4 aliphatic carbocycles. The van der Waals surface area contributed by atoms with Gasteiger partial charge in [0.05, 0.1) is 0 Å². The maximum atomic E-state index is 12.8. The topological polar surface area (TPSA) is 26.3 Å². The van der Waals surface area contributed by atoms with Gasteiger partial charge in [-0.1, -0.05) is 150 Å². The fourth-order valence-corrected chi connectivity index (χ4v) is 11.4. The second-order valence-corrected chi connectivity index (χ2v) is 18.2.